The first-order chi connectivity index (χ1) is 13.8. The molecule has 1 unspecified atom stereocenters. The summed E-state index contributed by atoms with van der Waals surface area (Å²) in [6.07, 6.45) is -3.77. The highest BCUT2D eigenvalue weighted by atomic mass is 19.4. The summed E-state index contributed by atoms with van der Waals surface area (Å²) in [6.45, 7) is 3.04. The maximum absolute atomic E-state index is 12.4. The molecular weight excluding hydrogens is 385 g/mol. The van der Waals surface area contributed by atoms with E-state index in [1.807, 2.05) is 36.2 Å². The Kier molecular flexibility index (Phi) is 6.87. The number of likely N-dealkylation sites (tertiary alicyclic amines) is 1. The van der Waals surface area contributed by atoms with Gasteiger partial charge in [0.2, 0.25) is 0 Å². The number of aliphatic hydroxyl groups excluding tert-OH is 1. The van der Waals surface area contributed by atoms with E-state index in [2.05, 4.69) is 9.64 Å². The lowest BCUT2D eigenvalue weighted by Gasteiger charge is -2.27. The number of anilines is 1. The van der Waals surface area contributed by atoms with Crippen LogP contribution in [0.15, 0.2) is 48.5 Å². The van der Waals surface area contributed by atoms with Gasteiger partial charge in [-0.2, -0.15) is 0 Å². The molecule has 1 aliphatic rings. The van der Waals surface area contributed by atoms with E-state index in [1.54, 1.807) is 12.1 Å². The van der Waals surface area contributed by atoms with E-state index in [1.165, 1.54) is 12.1 Å². The number of halogens is 3. The van der Waals surface area contributed by atoms with Crippen LogP contribution in [0.25, 0.3) is 0 Å². The van der Waals surface area contributed by atoms with E-state index in [9.17, 15) is 13.2 Å². The monoisotopic (exact) mass is 410 g/mol. The first-order valence-electron chi connectivity index (χ1n) is 9.47. The number of aliphatic hydroxyl groups is 1. The van der Waals surface area contributed by atoms with Gasteiger partial charge in [-0.15, -0.1) is 13.2 Å². The van der Waals surface area contributed by atoms with Crippen LogP contribution in [0, 0.1) is 0 Å². The van der Waals surface area contributed by atoms with Crippen LogP contribution in [0.2, 0.25) is 0 Å². The molecule has 3 rings (SSSR count). The number of benzene rings is 2. The minimum atomic E-state index is -4.69. The minimum absolute atomic E-state index is 0.00814. The minimum Gasteiger partial charge on any atom is -0.492 e. The second-order valence-electron chi connectivity index (χ2n) is 7.05. The van der Waals surface area contributed by atoms with Crippen molar-refractivity contribution in [2.24, 2.45) is 0 Å². The maximum atomic E-state index is 12.4. The van der Waals surface area contributed by atoms with Crippen molar-refractivity contribution < 1.29 is 27.8 Å². The highest BCUT2D eigenvalue weighted by Gasteiger charge is 2.31. The lowest BCUT2D eigenvalue weighted by molar-refractivity contribution is -0.274. The Morgan fingerprint density at radius 2 is 1.90 bits per heavy atom. The van der Waals surface area contributed by atoms with Crippen LogP contribution in [0.3, 0.4) is 0 Å². The van der Waals surface area contributed by atoms with E-state index in [4.69, 9.17) is 9.84 Å². The summed E-state index contributed by atoms with van der Waals surface area (Å²) in [5, 5.41) is 9.06. The van der Waals surface area contributed by atoms with E-state index < -0.39 is 6.36 Å². The van der Waals surface area contributed by atoms with E-state index >= 15 is 0 Å². The zero-order valence-corrected chi connectivity index (χ0v) is 16.2. The van der Waals surface area contributed by atoms with Crippen LogP contribution in [0.4, 0.5) is 18.9 Å². The van der Waals surface area contributed by atoms with Crippen LogP contribution in [-0.4, -0.2) is 55.7 Å². The van der Waals surface area contributed by atoms with Crippen LogP contribution in [-0.2, 0) is 6.61 Å². The zero-order valence-electron chi connectivity index (χ0n) is 16.2. The molecule has 2 aromatic carbocycles. The number of hydrogen-bond donors (Lipinski definition) is 1. The molecule has 0 bridgehead atoms. The molecule has 8 heteroatoms. The van der Waals surface area contributed by atoms with Gasteiger partial charge in [-0.25, -0.2) is 0 Å². The van der Waals surface area contributed by atoms with Gasteiger partial charge in [-0.1, -0.05) is 18.2 Å². The van der Waals surface area contributed by atoms with Crippen LogP contribution in [0.1, 0.15) is 12.0 Å². The molecule has 0 amide bonds. The Morgan fingerprint density at radius 1 is 1.14 bits per heavy atom. The molecule has 2 aromatic rings. The molecule has 1 aliphatic heterocycles. The van der Waals surface area contributed by atoms with E-state index in [0.29, 0.717) is 12.3 Å². The second-order valence-corrected chi connectivity index (χ2v) is 7.05. The van der Waals surface area contributed by atoms with Crippen molar-refractivity contribution in [3.63, 3.8) is 0 Å². The van der Waals surface area contributed by atoms with E-state index in [-0.39, 0.29) is 18.4 Å². The first kappa shape index (κ1) is 21.3. The van der Waals surface area contributed by atoms with Gasteiger partial charge in [-0.05, 0) is 36.2 Å². The Hall–Kier alpha value is -2.45. The molecule has 0 aromatic heterocycles. The van der Waals surface area contributed by atoms with Gasteiger partial charge in [0.1, 0.15) is 18.1 Å². The molecule has 0 spiro atoms. The van der Waals surface area contributed by atoms with Crippen molar-refractivity contribution in [3.8, 4) is 11.5 Å². The quantitative estimate of drug-likeness (QED) is 0.720. The summed E-state index contributed by atoms with van der Waals surface area (Å²) in [5.74, 6) is 0.550. The standard InChI is InChI=1S/C21H25F3N2O3/c1-25(17-3-2-4-20(13-17)29-21(22,23)24)18-9-10-26(14-18)11-12-28-19-7-5-16(15-27)6-8-19/h2-8,13,18,27H,9-12,14-15H2,1H3. The van der Waals surface area contributed by atoms with Gasteiger partial charge in [0.25, 0.3) is 0 Å². The zero-order chi connectivity index (χ0) is 20.9. The van der Waals surface area contributed by atoms with Crippen molar-refractivity contribution in [3.05, 3.63) is 54.1 Å². The third-order valence-corrected chi connectivity index (χ3v) is 5.04. The van der Waals surface area contributed by atoms with Gasteiger partial charge in [0.05, 0.1) is 6.61 Å². The molecule has 1 N–H and O–H groups in total. The summed E-state index contributed by atoms with van der Waals surface area (Å²) >= 11 is 0. The smallest absolute Gasteiger partial charge is 0.492 e. The van der Waals surface area contributed by atoms with Crippen LogP contribution >= 0.6 is 0 Å². The van der Waals surface area contributed by atoms with Gasteiger partial charge >= 0.3 is 6.36 Å². The molecular formula is C21H25F3N2O3. The first-order valence-corrected chi connectivity index (χ1v) is 9.47. The third kappa shape index (κ3) is 6.27. The number of likely N-dealkylation sites (N-methyl/N-ethyl adjacent to an activating group) is 1. The van der Waals surface area contributed by atoms with Crippen molar-refractivity contribution in [2.75, 3.05) is 38.2 Å². The normalized spacial score (nSPS) is 17.3. The summed E-state index contributed by atoms with van der Waals surface area (Å²) in [6, 6.07) is 13.6. The number of alkyl halides is 3. The van der Waals surface area contributed by atoms with Gasteiger partial charge < -0.3 is 19.5 Å². The average molecular weight is 410 g/mol. The Balaban J connectivity index is 1.48. The molecule has 0 saturated carbocycles. The Morgan fingerprint density at radius 3 is 2.59 bits per heavy atom. The van der Waals surface area contributed by atoms with E-state index in [0.717, 1.165) is 37.4 Å². The molecule has 0 aliphatic carbocycles. The molecule has 158 valence electrons. The number of ether oxygens (including phenoxy) is 2. The molecule has 1 saturated heterocycles. The highest BCUT2D eigenvalue weighted by Crippen LogP contribution is 2.28. The van der Waals surface area contributed by atoms with Crippen molar-refractivity contribution in [2.45, 2.75) is 25.4 Å². The summed E-state index contributed by atoms with van der Waals surface area (Å²) in [7, 11) is 1.89. The largest absolute Gasteiger partial charge is 0.573 e. The molecule has 1 fully saturated rings. The topological polar surface area (TPSA) is 45.2 Å². The molecule has 1 atom stereocenters. The fraction of sp³-hybridized carbons (Fsp3) is 0.429. The maximum Gasteiger partial charge on any atom is 0.573 e. The number of nitrogens with zero attached hydrogens (tertiary/aromatic N) is 2. The third-order valence-electron chi connectivity index (χ3n) is 5.04. The predicted octanol–water partition coefficient (Wildman–Crippen LogP) is 3.67. The summed E-state index contributed by atoms with van der Waals surface area (Å²) < 4.78 is 47.1. The van der Waals surface area contributed by atoms with Crippen molar-refractivity contribution in [1.29, 1.82) is 0 Å². The van der Waals surface area contributed by atoms with Crippen molar-refractivity contribution in [1.82, 2.24) is 4.90 Å². The second kappa shape index (κ2) is 9.37. The Bertz CT molecular complexity index is 783. The summed E-state index contributed by atoms with van der Waals surface area (Å²) in [4.78, 5) is 4.27. The van der Waals surface area contributed by atoms with Gasteiger partial charge in [0, 0.05) is 44.5 Å². The van der Waals surface area contributed by atoms with Crippen LogP contribution in [0.5, 0.6) is 11.5 Å². The average Bonchev–Trinajstić information content (AvgIpc) is 3.16. The SMILES string of the molecule is CN(c1cccc(OC(F)(F)F)c1)C1CCN(CCOc2ccc(CO)cc2)C1. The number of hydrogen-bond acceptors (Lipinski definition) is 5. The van der Waals surface area contributed by atoms with Gasteiger partial charge in [-0.3, -0.25) is 4.90 Å². The highest BCUT2D eigenvalue weighted by molar-refractivity contribution is 5.51. The molecule has 0 radical (unpaired) electrons. The Labute approximate surface area is 168 Å². The van der Waals surface area contributed by atoms with Crippen molar-refractivity contribution >= 4 is 5.69 Å². The molecule has 5 nitrogen and oxygen atoms in total. The molecule has 1 heterocycles. The lowest BCUT2D eigenvalue weighted by atomic mass is 10.2. The fourth-order valence-electron chi connectivity index (χ4n) is 3.43. The van der Waals surface area contributed by atoms with Gasteiger partial charge in [0.15, 0.2) is 0 Å². The fourth-order valence-corrected chi connectivity index (χ4v) is 3.43. The van der Waals surface area contributed by atoms with Crippen LogP contribution < -0.4 is 14.4 Å². The number of rotatable bonds is 8. The lowest BCUT2D eigenvalue weighted by Crippen LogP contribution is -2.35. The predicted molar refractivity (Wildman–Crippen MR) is 104 cm³/mol. The molecule has 29 heavy (non-hydrogen) atoms. The summed E-state index contributed by atoms with van der Waals surface area (Å²) in [5.41, 5.74) is 1.53.